The molecule has 0 bridgehead atoms. The van der Waals surface area contributed by atoms with Crippen LogP contribution < -0.4 is 5.32 Å². The maximum atomic E-state index is 12.2. The number of nitrogens with one attached hydrogen (secondary N) is 2. The molecule has 1 aromatic heterocycles. The molecule has 20 heavy (non-hydrogen) atoms. The molecular formula is C13H15N3O3S. The first-order valence-electron chi connectivity index (χ1n) is 6.46. The highest BCUT2D eigenvalue weighted by molar-refractivity contribution is 7.91. The molecule has 7 heteroatoms. The van der Waals surface area contributed by atoms with Crippen LogP contribution in [-0.4, -0.2) is 42.6 Å². The van der Waals surface area contributed by atoms with Crippen molar-refractivity contribution in [3.8, 4) is 0 Å². The number of aromatic nitrogens is 2. The molecule has 1 aromatic carbocycles. The van der Waals surface area contributed by atoms with Crippen LogP contribution in [0, 0.1) is 5.92 Å². The van der Waals surface area contributed by atoms with Gasteiger partial charge in [0.15, 0.2) is 9.84 Å². The molecule has 1 atom stereocenters. The zero-order chi connectivity index (χ0) is 14.2. The Hall–Kier alpha value is -1.89. The Morgan fingerprint density at radius 3 is 3.05 bits per heavy atom. The number of nitrogens with zero attached hydrogens (tertiary/aromatic N) is 1. The lowest BCUT2D eigenvalue weighted by Gasteiger charge is -2.10. The van der Waals surface area contributed by atoms with Crippen molar-refractivity contribution in [3.63, 3.8) is 0 Å². The fourth-order valence-electron chi connectivity index (χ4n) is 2.52. The number of hydrogen-bond acceptors (Lipinski definition) is 4. The van der Waals surface area contributed by atoms with Crippen LogP contribution in [0.15, 0.2) is 24.4 Å². The van der Waals surface area contributed by atoms with E-state index in [9.17, 15) is 13.2 Å². The second kappa shape index (κ2) is 4.90. The second-order valence-electron chi connectivity index (χ2n) is 5.12. The fourth-order valence-corrected chi connectivity index (χ4v) is 4.39. The van der Waals surface area contributed by atoms with Crippen molar-refractivity contribution in [2.75, 3.05) is 18.1 Å². The fraction of sp³-hybridized carbons (Fsp3) is 0.385. The van der Waals surface area contributed by atoms with E-state index >= 15 is 0 Å². The van der Waals surface area contributed by atoms with Crippen molar-refractivity contribution in [2.45, 2.75) is 6.42 Å². The van der Waals surface area contributed by atoms with Gasteiger partial charge in [-0.05, 0) is 18.4 Å². The van der Waals surface area contributed by atoms with Crippen LogP contribution in [0.3, 0.4) is 0 Å². The third-order valence-corrected chi connectivity index (χ3v) is 5.44. The summed E-state index contributed by atoms with van der Waals surface area (Å²) in [6.07, 6.45) is 2.28. The third-order valence-electron chi connectivity index (χ3n) is 3.60. The largest absolute Gasteiger partial charge is 0.352 e. The highest BCUT2D eigenvalue weighted by atomic mass is 32.2. The zero-order valence-corrected chi connectivity index (χ0v) is 11.6. The van der Waals surface area contributed by atoms with Crippen LogP contribution in [0.5, 0.6) is 0 Å². The van der Waals surface area contributed by atoms with E-state index in [4.69, 9.17) is 0 Å². The molecule has 1 aliphatic heterocycles. The molecule has 1 fully saturated rings. The molecule has 0 saturated carbocycles. The van der Waals surface area contributed by atoms with Crippen LogP contribution in [0.4, 0.5) is 0 Å². The van der Waals surface area contributed by atoms with Crippen LogP contribution in [0.25, 0.3) is 10.9 Å². The molecule has 0 unspecified atom stereocenters. The van der Waals surface area contributed by atoms with E-state index in [0.29, 0.717) is 24.0 Å². The van der Waals surface area contributed by atoms with Crippen molar-refractivity contribution in [1.29, 1.82) is 0 Å². The monoisotopic (exact) mass is 293 g/mol. The average molecular weight is 293 g/mol. The second-order valence-corrected chi connectivity index (χ2v) is 7.35. The number of sulfone groups is 1. The summed E-state index contributed by atoms with van der Waals surface area (Å²) < 4.78 is 22.7. The van der Waals surface area contributed by atoms with Crippen molar-refractivity contribution in [1.82, 2.24) is 15.5 Å². The number of carbonyl (C=O) groups excluding carboxylic acids is 1. The summed E-state index contributed by atoms with van der Waals surface area (Å²) >= 11 is 0. The van der Waals surface area contributed by atoms with Gasteiger partial charge < -0.3 is 5.32 Å². The Bertz CT molecular complexity index is 751. The Kier molecular flexibility index (Phi) is 3.21. The van der Waals surface area contributed by atoms with Gasteiger partial charge in [-0.2, -0.15) is 5.10 Å². The molecule has 0 aliphatic carbocycles. The summed E-state index contributed by atoms with van der Waals surface area (Å²) in [5.74, 6) is 0.208. The van der Waals surface area contributed by atoms with Crippen LogP contribution in [-0.2, 0) is 9.84 Å². The Labute approximate surface area is 116 Å². The van der Waals surface area contributed by atoms with Gasteiger partial charge in [0.05, 0.1) is 28.8 Å². The highest BCUT2D eigenvalue weighted by Crippen LogP contribution is 2.18. The summed E-state index contributed by atoms with van der Waals surface area (Å²) in [5, 5.41) is 10.4. The van der Waals surface area contributed by atoms with Gasteiger partial charge >= 0.3 is 0 Å². The average Bonchev–Trinajstić information content (AvgIpc) is 3.01. The maximum Gasteiger partial charge on any atom is 0.253 e. The summed E-state index contributed by atoms with van der Waals surface area (Å²) in [7, 11) is -2.90. The normalized spacial score (nSPS) is 21.1. The predicted octanol–water partition coefficient (Wildman–Crippen LogP) is 0.727. The number of fused-ring (bicyclic) bond motifs is 1. The molecule has 2 heterocycles. The Balaban J connectivity index is 1.69. The van der Waals surface area contributed by atoms with Crippen LogP contribution in [0.2, 0.25) is 0 Å². The van der Waals surface area contributed by atoms with E-state index in [2.05, 4.69) is 15.5 Å². The number of H-pyrrole nitrogens is 1. The number of rotatable bonds is 3. The van der Waals surface area contributed by atoms with E-state index in [1.807, 2.05) is 6.07 Å². The van der Waals surface area contributed by atoms with E-state index in [-0.39, 0.29) is 23.3 Å². The van der Waals surface area contributed by atoms with Gasteiger partial charge in [-0.25, -0.2) is 8.42 Å². The van der Waals surface area contributed by atoms with E-state index < -0.39 is 9.84 Å². The zero-order valence-electron chi connectivity index (χ0n) is 10.8. The van der Waals surface area contributed by atoms with Crippen molar-refractivity contribution in [3.05, 3.63) is 30.0 Å². The first-order valence-corrected chi connectivity index (χ1v) is 8.28. The minimum absolute atomic E-state index is 0.0184. The Morgan fingerprint density at radius 2 is 2.30 bits per heavy atom. The SMILES string of the molecule is O=C(NC[C@@H]1CCS(=O)(=O)C1)c1cccc2cn[nH]c12. The smallest absolute Gasteiger partial charge is 0.253 e. The van der Waals surface area contributed by atoms with Crippen LogP contribution >= 0.6 is 0 Å². The summed E-state index contributed by atoms with van der Waals surface area (Å²) in [5.41, 5.74) is 1.23. The van der Waals surface area contributed by atoms with Gasteiger partial charge in [-0.1, -0.05) is 12.1 Å². The van der Waals surface area contributed by atoms with Gasteiger partial charge in [0.1, 0.15) is 0 Å². The third kappa shape index (κ3) is 2.53. The maximum absolute atomic E-state index is 12.2. The minimum Gasteiger partial charge on any atom is -0.352 e. The molecule has 1 amide bonds. The first kappa shape index (κ1) is 13.1. The minimum atomic E-state index is -2.90. The number of benzene rings is 1. The lowest BCUT2D eigenvalue weighted by Crippen LogP contribution is -2.30. The summed E-state index contributed by atoms with van der Waals surface area (Å²) in [6.45, 7) is 0.391. The van der Waals surface area contributed by atoms with E-state index in [1.165, 1.54) is 0 Å². The number of aromatic amines is 1. The van der Waals surface area contributed by atoms with Crippen LogP contribution in [0.1, 0.15) is 16.8 Å². The standard InChI is InChI=1S/C13H15N3O3S/c17-13(14-6-9-4-5-20(18,19)8-9)11-3-1-2-10-7-15-16-12(10)11/h1-3,7,9H,4-6,8H2,(H,14,17)(H,15,16)/t9-/m0/s1. The molecule has 2 N–H and O–H groups in total. The van der Waals surface area contributed by atoms with Gasteiger partial charge in [-0.3, -0.25) is 9.89 Å². The lowest BCUT2D eigenvalue weighted by atomic mass is 10.1. The van der Waals surface area contributed by atoms with E-state index in [1.54, 1.807) is 18.3 Å². The molecular weight excluding hydrogens is 278 g/mol. The van der Waals surface area contributed by atoms with E-state index in [0.717, 1.165) is 5.39 Å². The number of amides is 1. The lowest BCUT2D eigenvalue weighted by molar-refractivity contribution is 0.0950. The molecule has 1 saturated heterocycles. The number of hydrogen-bond donors (Lipinski definition) is 2. The highest BCUT2D eigenvalue weighted by Gasteiger charge is 2.28. The molecule has 1 aliphatic rings. The summed E-state index contributed by atoms with van der Waals surface area (Å²) in [4.78, 5) is 12.2. The first-order chi connectivity index (χ1) is 9.55. The van der Waals surface area contributed by atoms with Gasteiger partial charge in [0, 0.05) is 11.9 Å². The van der Waals surface area contributed by atoms with Crippen molar-refractivity contribution >= 4 is 26.6 Å². The molecule has 3 rings (SSSR count). The van der Waals surface area contributed by atoms with Crippen molar-refractivity contribution in [2.24, 2.45) is 5.92 Å². The summed E-state index contributed by atoms with van der Waals surface area (Å²) in [6, 6.07) is 5.40. The molecule has 6 nitrogen and oxygen atoms in total. The number of para-hydroxylation sites is 1. The number of carbonyl (C=O) groups is 1. The molecule has 2 aromatic rings. The Morgan fingerprint density at radius 1 is 1.45 bits per heavy atom. The molecule has 0 radical (unpaired) electrons. The topological polar surface area (TPSA) is 91.9 Å². The molecule has 106 valence electrons. The molecule has 0 spiro atoms. The van der Waals surface area contributed by atoms with Gasteiger partial charge in [0.25, 0.3) is 5.91 Å². The van der Waals surface area contributed by atoms with Crippen molar-refractivity contribution < 1.29 is 13.2 Å². The van der Waals surface area contributed by atoms with Gasteiger partial charge in [0.2, 0.25) is 0 Å². The van der Waals surface area contributed by atoms with Gasteiger partial charge in [-0.15, -0.1) is 0 Å². The quantitative estimate of drug-likeness (QED) is 0.872. The predicted molar refractivity (Wildman–Crippen MR) is 75.2 cm³/mol.